The zero-order valence-corrected chi connectivity index (χ0v) is 12.1. The number of thiophene rings is 1. The molecule has 1 atom stereocenters. The molecule has 5 nitrogen and oxygen atoms in total. The summed E-state index contributed by atoms with van der Waals surface area (Å²) in [5.41, 5.74) is 2.32. The number of fused-ring (bicyclic) bond motifs is 1. The molecule has 0 radical (unpaired) electrons. The Morgan fingerprint density at radius 3 is 3.16 bits per heavy atom. The minimum absolute atomic E-state index is 0.355. The summed E-state index contributed by atoms with van der Waals surface area (Å²) >= 11 is 1.80. The highest BCUT2D eigenvalue weighted by atomic mass is 32.1. The lowest BCUT2D eigenvalue weighted by Crippen LogP contribution is -2.35. The van der Waals surface area contributed by atoms with Crippen LogP contribution in [0.1, 0.15) is 22.2 Å². The van der Waals surface area contributed by atoms with Crippen molar-refractivity contribution in [3.63, 3.8) is 0 Å². The van der Waals surface area contributed by atoms with Crippen LogP contribution in [-0.2, 0) is 24.9 Å². The van der Waals surface area contributed by atoms with E-state index in [2.05, 4.69) is 32.7 Å². The van der Waals surface area contributed by atoms with Crippen molar-refractivity contribution in [1.29, 1.82) is 0 Å². The molecule has 0 bridgehead atoms. The first-order valence-electron chi connectivity index (χ1n) is 6.40. The lowest BCUT2D eigenvalue weighted by atomic mass is 9.99. The molecule has 0 aromatic carbocycles. The minimum atomic E-state index is 0.355. The van der Waals surface area contributed by atoms with Gasteiger partial charge in [0.05, 0.1) is 12.3 Å². The van der Waals surface area contributed by atoms with Gasteiger partial charge in [0.25, 0.3) is 0 Å². The van der Waals surface area contributed by atoms with Crippen LogP contribution in [-0.4, -0.2) is 40.2 Å². The lowest BCUT2D eigenvalue weighted by Gasteiger charge is -2.31. The van der Waals surface area contributed by atoms with Crippen molar-refractivity contribution < 1.29 is 4.74 Å². The molecule has 1 aliphatic rings. The van der Waals surface area contributed by atoms with Crippen molar-refractivity contribution in [2.75, 3.05) is 20.3 Å². The molecule has 0 saturated heterocycles. The van der Waals surface area contributed by atoms with E-state index in [0.29, 0.717) is 5.92 Å². The van der Waals surface area contributed by atoms with Gasteiger partial charge in [-0.05, 0) is 11.4 Å². The first-order valence-corrected chi connectivity index (χ1v) is 7.28. The van der Waals surface area contributed by atoms with Crippen LogP contribution in [0.15, 0.2) is 17.5 Å². The van der Waals surface area contributed by atoms with Crippen LogP contribution in [0.5, 0.6) is 0 Å². The Balaban J connectivity index is 1.80. The number of ether oxygens (including phenoxy) is 1. The van der Waals surface area contributed by atoms with Gasteiger partial charge in [0, 0.05) is 44.6 Å². The van der Waals surface area contributed by atoms with Crippen molar-refractivity contribution in [3.8, 4) is 0 Å². The summed E-state index contributed by atoms with van der Waals surface area (Å²) in [6.45, 7) is 3.57. The average Bonchev–Trinajstić information content (AvgIpc) is 3.00. The molecule has 0 N–H and O–H groups in total. The Morgan fingerprint density at radius 1 is 1.53 bits per heavy atom. The summed E-state index contributed by atoms with van der Waals surface area (Å²) in [7, 11) is 3.71. The number of hydrogen-bond donors (Lipinski definition) is 0. The first-order chi connectivity index (χ1) is 9.28. The number of rotatable bonds is 4. The van der Waals surface area contributed by atoms with Crippen molar-refractivity contribution in [2.45, 2.75) is 19.0 Å². The maximum Gasteiger partial charge on any atom is 0.100 e. The molecule has 0 aliphatic carbocycles. The van der Waals surface area contributed by atoms with E-state index in [1.807, 2.05) is 11.7 Å². The smallest absolute Gasteiger partial charge is 0.100 e. The van der Waals surface area contributed by atoms with E-state index < -0.39 is 0 Å². The fourth-order valence-corrected chi connectivity index (χ4v) is 3.52. The molecule has 0 fully saturated rings. The Kier molecular flexibility index (Phi) is 3.63. The molecular weight excluding hydrogens is 260 g/mol. The number of methoxy groups -OCH3 is 1. The van der Waals surface area contributed by atoms with E-state index in [-0.39, 0.29) is 0 Å². The van der Waals surface area contributed by atoms with Crippen molar-refractivity contribution in [3.05, 3.63) is 33.8 Å². The van der Waals surface area contributed by atoms with Gasteiger partial charge in [-0.15, -0.1) is 16.4 Å². The van der Waals surface area contributed by atoms with E-state index >= 15 is 0 Å². The molecule has 3 rings (SSSR count). The largest absolute Gasteiger partial charge is 0.384 e. The van der Waals surface area contributed by atoms with E-state index in [0.717, 1.165) is 31.9 Å². The average molecular weight is 278 g/mol. The van der Waals surface area contributed by atoms with Gasteiger partial charge in [0.2, 0.25) is 0 Å². The third-order valence-electron chi connectivity index (χ3n) is 3.51. The molecule has 0 saturated carbocycles. The predicted molar refractivity (Wildman–Crippen MR) is 74.1 cm³/mol. The molecule has 19 heavy (non-hydrogen) atoms. The number of aryl methyl sites for hydroxylation is 1. The predicted octanol–water partition coefficient (Wildman–Crippen LogP) is 1.62. The highest BCUT2D eigenvalue weighted by molar-refractivity contribution is 7.09. The van der Waals surface area contributed by atoms with Gasteiger partial charge in [0.1, 0.15) is 5.69 Å². The Labute approximate surface area is 116 Å². The standard InChI is InChI=1S/C13H18N4OS/c1-16-13-10(9-18-2)6-17(8-12(13)14-15-16)7-11-4-3-5-19-11/h3-5,10H,6-9H2,1-2H3. The van der Waals surface area contributed by atoms with Crippen LogP contribution in [0.4, 0.5) is 0 Å². The van der Waals surface area contributed by atoms with Crippen LogP contribution in [0, 0.1) is 0 Å². The topological polar surface area (TPSA) is 43.2 Å². The van der Waals surface area contributed by atoms with Crippen molar-refractivity contribution >= 4 is 11.3 Å². The molecule has 1 aliphatic heterocycles. The van der Waals surface area contributed by atoms with Gasteiger partial charge in [-0.3, -0.25) is 9.58 Å². The molecule has 102 valence electrons. The number of nitrogens with zero attached hydrogens (tertiary/aromatic N) is 4. The Hall–Kier alpha value is -1.24. The molecule has 3 heterocycles. The summed E-state index contributed by atoms with van der Waals surface area (Å²) in [6.07, 6.45) is 0. The van der Waals surface area contributed by atoms with Crippen LogP contribution in [0.25, 0.3) is 0 Å². The molecule has 6 heteroatoms. The van der Waals surface area contributed by atoms with Crippen molar-refractivity contribution in [2.24, 2.45) is 7.05 Å². The second-order valence-electron chi connectivity index (χ2n) is 4.95. The summed E-state index contributed by atoms with van der Waals surface area (Å²) in [6, 6.07) is 4.28. The Morgan fingerprint density at radius 2 is 2.42 bits per heavy atom. The van der Waals surface area contributed by atoms with Crippen LogP contribution in [0.2, 0.25) is 0 Å². The number of aromatic nitrogens is 3. The van der Waals surface area contributed by atoms with Crippen LogP contribution < -0.4 is 0 Å². The molecule has 2 aromatic rings. The van der Waals surface area contributed by atoms with E-state index in [1.165, 1.54) is 10.6 Å². The van der Waals surface area contributed by atoms with Gasteiger partial charge in [-0.25, -0.2) is 0 Å². The van der Waals surface area contributed by atoms with Crippen molar-refractivity contribution in [1.82, 2.24) is 19.9 Å². The maximum absolute atomic E-state index is 5.35. The summed E-state index contributed by atoms with van der Waals surface area (Å²) in [4.78, 5) is 3.82. The van der Waals surface area contributed by atoms with Crippen LogP contribution in [0.3, 0.4) is 0 Å². The third-order valence-corrected chi connectivity index (χ3v) is 4.37. The summed E-state index contributed by atoms with van der Waals surface area (Å²) in [5.74, 6) is 0.355. The highest BCUT2D eigenvalue weighted by Gasteiger charge is 2.29. The lowest BCUT2D eigenvalue weighted by molar-refractivity contribution is 0.132. The van der Waals surface area contributed by atoms with Gasteiger partial charge in [0.15, 0.2) is 0 Å². The maximum atomic E-state index is 5.35. The van der Waals surface area contributed by atoms with Gasteiger partial charge in [-0.2, -0.15) is 0 Å². The van der Waals surface area contributed by atoms with Gasteiger partial charge >= 0.3 is 0 Å². The fraction of sp³-hybridized carbons (Fsp3) is 0.538. The molecule has 0 amide bonds. The quantitative estimate of drug-likeness (QED) is 0.852. The fourth-order valence-electron chi connectivity index (χ4n) is 2.77. The van der Waals surface area contributed by atoms with E-state index in [1.54, 1.807) is 18.4 Å². The first kappa shape index (κ1) is 12.8. The molecular formula is C13H18N4OS. The van der Waals surface area contributed by atoms with Gasteiger partial charge < -0.3 is 4.74 Å². The minimum Gasteiger partial charge on any atom is -0.384 e. The van der Waals surface area contributed by atoms with E-state index in [9.17, 15) is 0 Å². The second-order valence-corrected chi connectivity index (χ2v) is 5.98. The SMILES string of the molecule is COCC1CN(Cc2cccs2)Cc2nnn(C)c21. The zero-order valence-electron chi connectivity index (χ0n) is 11.2. The highest BCUT2D eigenvalue weighted by Crippen LogP contribution is 2.28. The number of hydrogen-bond acceptors (Lipinski definition) is 5. The Bertz CT molecular complexity index is 537. The third kappa shape index (κ3) is 2.56. The molecule has 2 aromatic heterocycles. The normalized spacial score (nSPS) is 19.6. The van der Waals surface area contributed by atoms with Gasteiger partial charge in [-0.1, -0.05) is 11.3 Å². The van der Waals surface area contributed by atoms with Crippen LogP contribution >= 0.6 is 11.3 Å². The van der Waals surface area contributed by atoms with E-state index in [4.69, 9.17) is 4.74 Å². The monoisotopic (exact) mass is 278 g/mol. The zero-order chi connectivity index (χ0) is 13.2. The molecule has 0 spiro atoms. The summed E-state index contributed by atoms with van der Waals surface area (Å²) < 4.78 is 7.24. The second kappa shape index (κ2) is 5.40. The summed E-state index contributed by atoms with van der Waals surface area (Å²) in [5, 5.41) is 10.6. The molecule has 1 unspecified atom stereocenters.